The van der Waals surface area contributed by atoms with Gasteiger partial charge in [-0.1, -0.05) is 18.2 Å². The molecule has 20 heavy (non-hydrogen) atoms. The van der Waals surface area contributed by atoms with Gasteiger partial charge in [0.2, 0.25) is 0 Å². The quantitative estimate of drug-likeness (QED) is 0.742. The Labute approximate surface area is 120 Å². The summed E-state index contributed by atoms with van der Waals surface area (Å²) < 4.78 is 10.9. The first-order chi connectivity index (χ1) is 9.64. The number of benzene rings is 1. The topological polar surface area (TPSA) is 47.6 Å². The smallest absolute Gasteiger partial charge is 0.326 e. The van der Waals surface area contributed by atoms with E-state index in [1.165, 1.54) is 0 Å². The summed E-state index contributed by atoms with van der Waals surface area (Å²) in [4.78, 5) is 12.1. The second-order valence-corrected chi connectivity index (χ2v) is 5.38. The van der Waals surface area contributed by atoms with Crippen LogP contribution in [0.25, 0.3) is 0 Å². The van der Waals surface area contributed by atoms with E-state index < -0.39 is 5.54 Å². The third-order valence-electron chi connectivity index (χ3n) is 3.44. The van der Waals surface area contributed by atoms with Crippen LogP contribution in [0.15, 0.2) is 30.3 Å². The Morgan fingerprint density at radius 3 is 2.65 bits per heavy atom. The molecule has 1 aromatic carbocycles. The number of carbonyl (C=O) groups excluding carboxylic acids is 1. The maximum Gasteiger partial charge on any atom is 0.326 e. The Hall–Kier alpha value is -1.55. The third-order valence-corrected chi connectivity index (χ3v) is 3.44. The fraction of sp³-hybridized carbons (Fsp3) is 0.562. The van der Waals surface area contributed by atoms with Crippen molar-refractivity contribution in [2.24, 2.45) is 0 Å². The summed E-state index contributed by atoms with van der Waals surface area (Å²) in [6.45, 7) is 4.62. The van der Waals surface area contributed by atoms with Crippen LogP contribution in [0.3, 0.4) is 0 Å². The zero-order chi connectivity index (χ0) is 14.4. The summed E-state index contributed by atoms with van der Waals surface area (Å²) in [5, 5.41) is 3.38. The van der Waals surface area contributed by atoms with E-state index in [0.717, 1.165) is 18.6 Å². The van der Waals surface area contributed by atoms with Crippen molar-refractivity contribution in [3.05, 3.63) is 30.3 Å². The molecule has 0 amide bonds. The van der Waals surface area contributed by atoms with Gasteiger partial charge in [0.05, 0.1) is 13.2 Å². The molecule has 0 heterocycles. The summed E-state index contributed by atoms with van der Waals surface area (Å²) in [6, 6.07) is 10.1. The molecule has 1 atom stereocenters. The molecule has 110 valence electrons. The van der Waals surface area contributed by atoms with Gasteiger partial charge in [-0.05, 0) is 38.8 Å². The maximum atomic E-state index is 12.1. The first-order valence-corrected chi connectivity index (χ1v) is 7.27. The lowest BCUT2D eigenvalue weighted by atomic mass is 9.98. The molecule has 1 aliphatic carbocycles. The summed E-state index contributed by atoms with van der Waals surface area (Å²) in [7, 11) is 0. The molecule has 2 rings (SSSR count). The van der Waals surface area contributed by atoms with Crippen LogP contribution in [0.5, 0.6) is 5.75 Å². The van der Waals surface area contributed by atoms with Crippen molar-refractivity contribution in [3.8, 4) is 5.75 Å². The molecule has 4 heteroatoms. The summed E-state index contributed by atoms with van der Waals surface area (Å²) in [6.07, 6.45) is 2.86. The average Bonchev–Trinajstić information content (AvgIpc) is 3.24. The SMILES string of the molecule is CCOC(=O)C(C)(CCOc1ccccc1)NC1CC1. The molecular weight excluding hydrogens is 254 g/mol. The molecule has 0 aliphatic heterocycles. The number of hydrogen-bond acceptors (Lipinski definition) is 4. The molecule has 1 N–H and O–H groups in total. The van der Waals surface area contributed by atoms with Crippen LogP contribution in [-0.4, -0.2) is 30.8 Å². The van der Waals surface area contributed by atoms with E-state index in [-0.39, 0.29) is 5.97 Å². The van der Waals surface area contributed by atoms with E-state index in [1.54, 1.807) is 0 Å². The molecule has 0 bridgehead atoms. The predicted molar refractivity (Wildman–Crippen MR) is 77.7 cm³/mol. The summed E-state index contributed by atoms with van der Waals surface area (Å²) in [5.74, 6) is 0.633. The van der Waals surface area contributed by atoms with Crippen molar-refractivity contribution in [1.82, 2.24) is 5.32 Å². The van der Waals surface area contributed by atoms with Gasteiger partial charge in [-0.25, -0.2) is 0 Å². The van der Waals surface area contributed by atoms with Crippen LogP contribution in [-0.2, 0) is 9.53 Å². The fourth-order valence-electron chi connectivity index (χ4n) is 2.09. The average molecular weight is 277 g/mol. The second kappa shape index (κ2) is 6.75. The highest BCUT2D eigenvalue weighted by molar-refractivity contribution is 5.80. The largest absolute Gasteiger partial charge is 0.494 e. The van der Waals surface area contributed by atoms with Gasteiger partial charge in [-0.3, -0.25) is 10.1 Å². The van der Waals surface area contributed by atoms with Crippen LogP contribution in [0.2, 0.25) is 0 Å². The molecule has 0 radical (unpaired) electrons. The Morgan fingerprint density at radius 2 is 2.05 bits per heavy atom. The van der Waals surface area contributed by atoms with E-state index in [1.807, 2.05) is 44.2 Å². The van der Waals surface area contributed by atoms with Gasteiger partial charge in [0, 0.05) is 12.5 Å². The van der Waals surface area contributed by atoms with Crippen molar-refractivity contribution in [2.75, 3.05) is 13.2 Å². The predicted octanol–water partition coefficient (Wildman–Crippen LogP) is 2.53. The molecule has 0 spiro atoms. The van der Waals surface area contributed by atoms with Crippen LogP contribution in [0, 0.1) is 0 Å². The standard InChI is InChI=1S/C16H23NO3/c1-3-19-15(18)16(2,17-13-9-10-13)11-12-20-14-7-5-4-6-8-14/h4-8,13,17H,3,9-12H2,1-2H3. The molecule has 0 saturated heterocycles. The van der Waals surface area contributed by atoms with Gasteiger partial charge < -0.3 is 9.47 Å². The number of nitrogens with one attached hydrogen (secondary N) is 1. The molecule has 1 aliphatic rings. The Bertz CT molecular complexity index is 431. The molecule has 1 saturated carbocycles. The zero-order valence-corrected chi connectivity index (χ0v) is 12.2. The summed E-state index contributed by atoms with van der Waals surface area (Å²) in [5.41, 5.74) is -0.661. The number of para-hydroxylation sites is 1. The number of ether oxygens (including phenoxy) is 2. The van der Waals surface area contributed by atoms with Crippen molar-refractivity contribution in [2.45, 2.75) is 44.7 Å². The van der Waals surface area contributed by atoms with E-state index >= 15 is 0 Å². The Balaban J connectivity index is 1.88. The minimum atomic E-state index is -0.661. The Kier molecular flexibility index (Phi) is 5.01. The van der Waals surface area contributed by atoms with Gasteiger partial charge in [0.25, 0.3) is 0 Å². The van der Waals surface area contributed by atoms with Gasteiger partial charge in [-0.15, -0.1) is 0 Å². The van der Waals surface area contributed by atoms with E-state index in [0.29, 0.717) is 25.7 Å². The van der Waals surface area contributed by atoms with Crippen LogP contribution < -0.4 is 10.1 Å². The zero-order valence-electron chi connectivity index (χ0n) is 12.2. The van der Waals surface area contributed by atoms with E-state index in [9.17, 15) is 4.79 Å². The monoisotopic (exact) mass is 277 g/mol. The minimum Gasteiger partial charge on any atom is -0.494 e. The molecule has 1 aromatic rings. The van der Waals surface area contributed by atoms with E-state index in [2.05, 4.69) is 5.32 Å². The van der Waals surface area contributed by atoms with Crippen molar-refractivity contribution >= 4 is 5.97 Å². The highest BCUT2D eigenvalue weighted by Gasteiger charge is 2.39. The first kappa shape index (κ1) is 14.9. The van der Waals surface area contributed by atoms with Crippen LogP contribution >= 0.6 is 0 Å². The summed E-state index contributed by atoms with van der Waals surface area (Å²) >= 11 is 0. The van der Waals surface area contributed by atoms with Gasteiger partial charge in [-0.2, -0.15) is 0 Å². The van der Waals surface area contributed by atoms with Crippen molar-refractivity contribution < 1.29 is 14.3 Å². The number of esters is 1. The third kappa shape index (κ3) is 4.23. The highest BCUT2D eigenvalue weighted by Crippen LogP contribution is 2.25. The molecule has 1 unspecified atom stereocenters. The van der Waals surface area contributed by atoms with Gasteiger partial charge >= 0.3 is 5.97 Å². The second-order valence-electron chi connectivity index (χ2n) is 5.38. The number of hydrogen-bond donors (Lipinski definition) is 1. The first-order valence-electron chi connectivity index (χ1n) is 7.27. The molecular formula is C16H23NO3. The molecule has 1 fully saturated rings. The van der Waals surface area contributed by atoms with Crippen molar-refractivity contribution in [3.63, 3.8) is 0 Å². The minimum absolute atomic E-state index is 0.191. The number of rotatable bonds is 8. The van der Waals surface area contributed by atoms with Crippen LogP contribution in [0.4, 0.5) is 0 Å². The normalized spacial score (nSPS) is 17.3. The number of carbonyl (C=O) groups is 1. The Morgan fingerprint density at radius 1 is 1.35 bits per heavy atom. The molecule has 0 aromatic heterocycles. The van der Waals surface area contributed by atoms with Crippen LogP contribution in [0.1, 0.15) is 33.1 Å². The highest BCUT2D eigenvalue weighted by atomic mass is 16.5. The lowest BCUT2D eigenvalue weighted by Gasteiger charge is -2.28. The lowest BCUT2D eigenvalue weighted by molar-refractivity contribution is -0.151. The van der Waals surface area contributed by atoms with E-state index in [4.69, 9.17) is 9.47 Å². The lowest BCUT2D eigenvalue weighted by Crippen LogP contribution is -2.52. The van der Waals surface area contributed by atoms with Gasteiger partial charge in [0.15, 0.2) is 0 Å². The van der Waals surface area contributed by atoms with Crippen molar-refractivity contribution in [1.29, 1.82) is 0 Å². The van der Waals surface area contributed by atoms with Gasteiger partial charge in [0.1, 0.15) is 11.3 Å². The maximum absolute atomic E-state index is 12.1. The fourth-order valence-corrected chi connectivity index (χ4v) is 2.09. The molecule has 4 nitrogen and oxygen atoms in total.